The summed E-state index contributed by atoms with van der Waals surface area (Å²) in [4.78, 5) is 0. The van der Waals surface area contributed by atoms with Crippen molar-refractivity contribution >= 4 is 0 Å². The maximum atomic E-state index is 12.4. The summed E-state index contributed by atoms with van der Waals surface area (Å²) in [5.74, 6) is 0. The number of furan rings is 1. The van der Waals surface area contributed by atoms with E-state index in [9.17, 15) is 13.2 Å². The molecule has 0 saturated carbocycles. The van der Waals surface area contributed by atoms with E-state index in [0.29, 0.717) is 0 Å². The Hall–Kier alpha value is -0.970. The number of halogens is 3. The number of hydrogen-bond acceptors (Lipinski definition) is 2. The van der Waals surface area contributed by atoms with Crippen LogP contribution in [-0.4, -0.2) is 12.7 Å². The molecule has 0 fully saturated rings. The largest absolute Gasteiger partial charge is 0.472 e. The van der Waals surface area contributed by atoms with Gasteiger partial charge in [-0.05, 0) is 12.6 Å². The molecule has 0 saturated heterocycles. The highest BCUT2D eigenvalue weighted by Crippen LogP contribution is 2.32. The lowest BCUT2D eigenvalue weighted by Crippen LogP contribution is -2.33. The summed E-state index contributed by atoms with van der Waals surface area (Å²) in [6.45, 7) is 1.88. The fourth-order valence-corrected chi connectivity index (χ4v) is 1.07. The summed E-state index contributed by atoms with van der Waals surface area (Å²) in [5.41, 5.74) is 0.106. The molecule has 1 atom stereocenters. The number of hydrogen-bond donors (Lipinski definition) is 1. The first-order valence-corrected chi connectivity index (χ1v) is 3.88. The summed E-state index contributed by atoms with van der Waals surface area (Å²) >= 11 is 0. The van der Waals surface area contributed by atoms with Crippen molar-refractivity contribution in [2.75, 3.05) is 6.54 Å². The maximum Gasteiger partial charge on any atom is 0.408 e. The molecule has 5 heteroatoms. The van der Waals surface area contributed by atoms with Crippen molar-refractivity contribution in [2.45, 2.75) is 19.1 Å². The SMILES string of the molecule is CCNC(c1ccoc1)C(F)(F)F. The molecule has 74 valence electrons. The van der Waals surface area contributed by atoms with Crippen LogP contribution in [-0.2, 0) is 0 Å². The average Bonchev–Trinajstić information content (AvgIpc) is 2.49. The Kier molecular flexibility index (Phi) is 2.98. The van der Waals surface area contributed by atoms with Crippen molar-refractivity contribution in [2.24, 2.45) is 0 Å². The molecular formula is C8H10F3NO. The molecule has 1 heterocycles. The van der Waals surface area contributed by atoms with Crippen LogP contribution < -0.4 is 5.32 Å². The van der Waals surface area contributed by atoms with Gasteiger partial charge in [0.2, 0.25) is 0 Å². The summed E-state index contributed by atoms with van der Waals surface area (Å²) in [5, 5.41) is 2.34. The quantitative estimate of drug-likeness (QED) is 0.797. The predicted molar refractivity (Wildman–Crippen MR) is 41.2 cm³/mol. The Morgan fingerprint density at radius 1 is 1.54 bits per heavy atom. The lowest BCUT2D eigenvalue weighted by Gasteiger charge is -2.19. The van der Waals surface area contributed by atoms with Gasteiger partial charge in [-0.1, -0.05) is 6.92 Å². The van der Waals surface area contributed by atoms with E-state index < -0.39 is 12.2 Å². The summed E-state index contributed by atoms with van der Waals surface area (Å²) in [6, 6.07) is -0.322. The molecule has 0 aromatic carbocycles. The van der Waals surface area contributed by atoms with E-state index in [4.69, 9.17) is 0 Å². The first kappa shape index (κ1) is 10.1. The van der Waals surface area contributed by atoms with Crippen molar-refractivity contribution < 1.29 is 17.6 Å². The summed E-state index contributed by atoms with van der Waals surface area (Å²) < 4.78 is 41.7. The zero-order valence-electron chi connectivity index (χ0n) is 7.06. The highest BCUT2D eigenvalue weighted by Gasteiger charge is 2.40. The fourth-order valence-electron chi connectivity index (χ4n) is 1.07. The molecule has 0 spiro atoms. The van der Waals surface area contributed by atoms with Crippen LogP contribution in [0, 0.1) is 0 Å². The molecule has 1 aromatic heterocycles. The second-order valence-corrected chi connectivity index (χ2v) is 2.59. The average molecular weight is 193 g/mol. The van der Waals surface area contributed by atoms with Gasteiger partial charge < -0.3 is 9.73 Å². The number of alkyl halides is 3. The lowest BCUT2D eigenvalue weighted by molar-refractivity contribution is -0.157. The van der Waals surface area contributed by atoms with Crippen molar-refractivity contribution in [1.82, 2.24) is 5.32 Å². The molecular weight excluding hydrogens is 183 g/mol. The van der Waals surface area contributed by atoms with Gasteiger partial charge in [-0.3, -0.25) is 0 Å². The van der Waals surface area contributed by atoms with E-state index in [1.807, 2.05) is 0 Å². The molecule has 2 nitrogen and oxygen atoms in total. The van der Waals surface area contributed by atoms with E-state index >= 15 is 0 Å². The molecule has 0 radical (unpaired) electrons. The molecule has 0 bridgehead atoms. The van der Waals surface area contributed by atoms with E-state index in [-0.39, 0.29) is 12.1 Å². The molecule has 1 rings (SSSR count). The molecule has 13 heavy (non-hydrogen) atoms. The van der Waals surface area contributed by atoms with Crippen LogP contribution in [0.4, 0.5) is 13.2 Å². The van der Waals surface area contributed by atoms with Crippen LogP contribution in [0.15, 0.2) is 23.0 Å². The predicted octanol–water partition coefficient (Wildman–Crippen LogP) is 2.49. The van der Waals surface area contributed by atoms with Gasteiger partial charge in [0.15, 0.2) is 0 Å². The van der Waals surface area contributed by atoms with Crippen LogP contribution in [0.1, 0.15) is 18.5 Å². The molecule has 0 aliphatic heterocycles. The topological polar surface area (TPSA) is 25.2 Å². The van der Waals surface area contributed by atoms with Crippen LogP contribution in [0.5, 0.6) is 0 Å². The van der Waals surface area contributed by atoms with Gasteiger partial charge in [0, 0.05) is 5.56 Å². The Bertz CT molecular complexity index is 242. The van der Waals surface area contributed by atoms with Crippen LogP contribution in [0.2, 0.25) is 0 Å². The molecule has 1 unspecified atom stereocenters. The zero-order chi connectivity index (χ0) is 9.90. The van der Waals surface area contributed by atoms with Gasteiger partial charge in [-0.2, -0.15) is 13.2 Å². The highest BCUT2D eigenvalue weighted by molar-refractivity contribution is 5.13. The second-order valence-electron chi connectivity index (χ2n) is 2.59. The van der Waals surface area contributed by atoms with Gasteiger partial charge in [0.25, 0.3) is 0 Å². The van der Waals surface area contributed by atoms with E-state index in [1.54, 1.807) is 6.92 Å². The monoisotopic (exact) mass is 193 g/mol. The Morgan fingerprint density at radius 3 is 2.62 bits per heavy atom. The molecule has 0 aliphatic carbocycles. The normalized spacial score (nSPS) is 14.5. The fraction of sp³-hybridized carbons (Fsp3) is 0.500. The van der Waals surface area contributed by atoms with Gasteiger partial charge in [0.05, 0.1) is 12.5 Å². The summed E-state index contributed by atoms with van der Waals surface area (Å²) in [6.07, 6.45) is -1.95. The minimum absolute atomic E-state index is 0.106. The standard InChI is InChI=1S/C8H10F3NO/c1-2-12-7(8(9,10)11)6-3-4-13-5-6/h3-5,7,12H,2H2,1H3. The number of rotatable bonds is 3. The van der Waals surface area contributed by atoms with Crippen LogP contribution in [0.3, 0.4) is 0 Å². The smallest absolute Gasteiger partial charge is 0.408 e. The van der Waals surface area contributed by atoms with Gasteiger partial charge in [0.1, 0.15) is 6.04 Å². The minimum atomic E-state index is -4.28. The van der Waals surface area contributed by atoms with E-state index in [1.165, 1.54) is 12.3 Å². The Balaban J connectivity index is 2.81. The number of nitrogens with one attached hydrogen (secondary N) is 1. The second kappa shape index (κ2) is 3.83. The van der Waals surface area contributed by atoms with Gasteiger partial charge >= 0.3 is 6.18 Å². The Morgan fingerprint density at radius 2 is 2.23 bits per heavy atom. The molecule has 1 N–H and O–H groups in total. The zero-order valence-corrected chi connectivity index (χ0v) is 7.06. The van der Waals surface area contributed by atoms with E-state index in [2.05, 4.69) is 9.73 Å². The minimum Gasteiger partial charge on any atom is -0.472 e. The molecule has 0 amide bonds. The molecule has 1 aromatic rings. The first-order chi connectivity index (χ1) is 6.05. The van der Waals surface area contributed by atoms with Crippen molar-refractivity contribution in [3.63, 3.8) is 0 Å². The third kappa shape index (κ3) is 2.48. The third-order valence-electron chi connectivity index (χ3n) is 1.61. The third-order valence-corrected chi connectivity index (χ3v) is 1.61. The van der Waals surface area contributed by atoms with E-state index in [0.717, 1.165) is 6.26 Å². The van der Waals surface area contributed by atoms with Gasteiger partial charge in [-0.25, -0.2) is 0 Å². The van der Waals surface area contributed by atoms with Crippen molar-refractivity contribution in [3.8, 4) is 0 Å². The first-order valence-electron chi connectivity index (χ1n) is 3.88. The van der Waals surface area contributed by atoms with Crippen molar-refractivity contribution in [3.05, 3.63) is 24.2 Å². The highest BCUT2D eigenvalue weighted by atomic mass is 19.4. The molecule has 0 aliphatic rings. The van der Waals surface area contributed by atoms with Crippen molar-refractivity contribution in [1.29, 1.82) is 0 Å². The maximum absolute atomic E-state index is 12.4. The van der Waals surface area contributed by atoms with Gasteiger partial charge in [-0.15, -0.1) is 0 Å². The Labute approximate surface area is 73.7 Å². The van der Waals surface area contributed by atoms with Crippen LogP contribution in [0.25, 0.3) is 0 Å². The summed E-state index contributed by atoms with van der Waals surface area (Å²) in [7, 11) is 0. The lowest BCUT2D eigenvalue weighted by atomic mass is 10.1. The van der Waals surface area contributed by atoms with Crippen LogP contribution >= 0.6 is 0 Å².